The predicted octanol–water partition coefficient (Wildman–Crippen LogP) is 4.23. The van der Waals surface area contributed by atoms with Gasteiger partial charge in [0.25, 0.3) is 0 Å². The summed E-state index contributed by atoms with van der Waals surface area (Å²) >= 11 is 0. The van der Waals surface area contributed by atoms with Gasteiger partial charge in [0.2, 0.25) is 0 Å². The van der Waals surface area contributed by atoms with Crippen LogP contribution in [0.2, 0.25) is 0 Å². The molecule has 0 radical (unpaired) electrons. The van der Waals surface area contributed by atoms with Crippen LogP contribution in [0, 0.1) is 0 Å². The molecule has 2 rings (SSSR count). The highest BCUT2D eigenvalue weighted by atomic mass is 16.6. The standard InChI is InChI=1S/C21H28O4/c1-5-19(22)24-17-11-7-15(8-12-17)21(3,4)16-9-13-18(14-10-16)25-20(23)6-2/h7-14,19-20,22-23H,5-6H2,1-4H3. The molecule has 0 saturated heterocycles. The van der Waals surface area contributed by atoms with Gasteiger partial charge in [-0.3, -0.25) is 0 Å². The fourth-order valence-electron chi connectivity index (χ4n) is 2.55. The number of hydrogen-bond donors (Lipinski definition) is 2. The van der Waals surface area contributed by atoms with Gasteiger partial charge >= 0.3 is 0 Å². The SMILES string of the molecule is CCC(O)Oc1ccc(C(C)(C)c2ccc(OC(O)CC)cc2)cc1. The van der Waals surface area contributed by atoms with Crippen molar-refractivity contribution in [2.75, 3.05) is 0 Å². The number of rotatable bonds is 8. The Labute approximate surface area is 150 Å². The summed E-state index contributed by atoms with van der Waals surface area (Å²) in [6.07, 6.45) is -0.447. The van der Waals surface area contributed by atoms with Gasteiger partial charge in [0.1, 0.15) is 11.5 Å². The first kappa shape index (κ1) is 19.3. The molecule has 0 amide bonds. The van der Waals surface area contributed by atoms with E-state index in [4.69, 9.17) is 9.47 Å². The molecule has 0 saturated carbocycles. The van der Waals surface area contributed by atoms with E-state index < -0.39 is 12.6 Å². The van der Waals surface area contributed by atoms with E-state index in [0.717, 1.165) is 11.1 Å². The quantitative estimate of drug-likeness (QED) is 0.704. The monoisotopic (exact) mass is 344 g/mol. The van der Waals surface area contributed by atoms with Crippen molar-refractivity contribution >= 4 is 0 Å². The minimum atomic E-state index is -0.773. The normalized spacial score (nSPS) is 14.0. The molecule has 2 aromatic rings. The fourth-order valence-corrected chi connectivity index (χ4v) is 2.55. The van der Waals surface area contributed by atoms with Crippen molar-refractivity contribution in [1.82, 2.24) is 0 Å². The van der Waals surface area contributed by atoms with E-state index in [-0.39, 0.29) is 5.41 Å². The molecular formula is C21H28O4. The van der Waals surface area contributed by atoms with Gasteiger partial charge in [-0.25, -0.2) is 0 Å². The molecule has 25 heavy (non-hydrogen) atoms. The first-order chi connectivity index (χ1) is 11.9. The van der Waals surface area contributed by atoms with Crippen molar-refractivity contribution in [2.45, 2.75) is 58.5 Å². The smallest absolute Gasteiger partial charge is 0.197 e. The van der Waals surface area contributed by atoms with Crippen LogP contribution in [0.3, 0.4) is 0 Å². The second kappa shape index (κ2) is 8.37. The Bertz CT molecular complexity index is 589. The van der Waals surface area contributed by atoms with Crippen LogP contribution in [-0.4, -0.2) is 22.8 Å². The molecular weight excluding hydrogens is 316 g/mol. The second-order valence-corrected chi connectivity index (χ2v) is 6.64. The third-order valence-electron chi connectivity index (χ3n) is 4.39. The van der Waals surface area contributed by atoms with Gasteiger partial charge in [-0.1, -0.05) is 52.0 Å². The number of aliphatic hydroxyl groups excluding tert-OH is 2. The summed E-state index contributed by atoms with van der Waals surface area (Å²) in [5, 5.41) is 19.1. The second-order valence-electron chi connectivity index (χ2n) is 6.64. The van der Waals surface area contributed by atoms with Crippen LogP contribution in [-0.2, 0) is 5.41 Å². The molecule has 0 heterocycles. The first-order valence-electron chi connectivity index (χ1n) is 8.77. The minimum absolute atomic E-state index is 0.191. The maximum atomic E-state index is 9.57. The summed E-state index contributed by atoms with van der Waals surface area (Å²) in [6.45, 7) is 8.05. The van der Waals surface area contributed by atoms with E-state index in [0.29, 0.717) is 24.3 Å². The number of aliphatic hydroxyl groups is 2. The van der Waals surface area contributed by atoms with E-state index in [2.05, 4.69) is 13.8 Å². The van der Waals surface area contributed by atoms with Gasteiger partial charge < -0.3 is 19.7 Å². The highest BCUT2D eigenvalue weighted by Crippen LogP contribution is 2.33. The summed E-state index contributed by atoms with van der Waals surface area (Å²) < 4.78 is 10.8. The lowest BCUT2D eigenvalue weighted by Crippen LogP contribution is -2.19. The average molecular weight is 344 g/mol. The first-order valence-corrected chi connectivity index (χ1v) is 8.77. The Hall–Kier alpha value is -2.04. The summed E-state index contributed by atoms with van der Waals surface area (Å²) in [7, 11) is 0. The zero-order valence-corrected chi connectivity index (χ0v) is 15.4. The molecule has 2 unspecified atom stereocenters. The summed E-state index contributed by atoms with van der Waals surface area (Å²) in [5.41, 5.74) is 2.10. The molecule has 0 aliphatic heterocycles. The third kappa shape index (κ3) is 4.97. The molecule has 0 fully saturated rings. The lowest BCUT2D eigenvalue weighted by molar-refractivity contribution is -0.0196. The highest BCUT2D eigenvalue weighted by Gasteiger charge is 2.23. The zero-order chi connectivity index (χ0) is 18.4. The van der Waals surface area contributed by atoms with Gasteiger partial charge in [-0.2, -0.15) is 0 Å². The van der Waals surface area contributed by atoms with Crippen molar-refractivity contribution < 1.29 is 19.7 Å². The largest absolute Gasteiger partial charge is 0.465 e. The van der Waals surface area contributed by atoms with Gasteiger partial charge in [0, 0.05) is 18.3 Å². The van der Waals surface area contributed by atoms with Crippen LogP contribution < -0.4 is 9.47 Å². The lowest BCUT2D eigenvalue weighted by atomic mass is 9.78. The molecule has 2 N–H and O–H groups in total. The van der Waals surface area contributed by atoms with Crippen molar-refractivity contribution in [3.8, 4) is 11.5 Å². The molecule has 136 valence electrons. The Balaban J connectivity index is 2.14. The van der Waals surface area contributed by atoms with E-state index in [1.165, 1.54) is 0 Å². The topological polar surface area (TPSA) is 58.9 Å². The van der Waals surface area contributed by atoms with E-state index in [9.17, 15) is 10.2 Å². The molecule has 4 heteroatoms. The van der Waals surface area contributed by atoms with Crippen LogP contribution in [0.4, 0.5) is 0 Å². The third-order valence-corrected chi connectivity index (χ3v) is 4.39. The van der Waals surface area contributed by atoms with E-state index in [1.807, 2.05) is 62.4 Å². The maximum absolute atomic E-state index is 9.57. The van der Waals surface area contributed by atoms with Crippen LogP contribution in [0.5, 0.6) is 11.5 Å². The molecule has 2 aromatic carbocycles. The lowest BCUT2D eigenvalue weighted by Gasteiger charge is -2.27. The Morgan fingerprint density at radius 1 is 0.720 bits per heavy atom. The predicted molar refractivity (Wildman–Crippen MR) is 98.9 cm³/mol. The molecule has 0 aromatic heterocycles. The van der Waals surface area contributed by atoms with Crippen molar-refractivity contribution in [3.63, 3.8) is 0 Å². The molecule has 0 aliphatic carbocycles. The molecule has 0 aliphatic rings. The summed E-state index contributed by atoms with van der Waals surface area (Å²) in [6, 6.07) is 15.6. The van der Waals surface area contributed by atoms with Crippen LogP contribution in [0.1, 0.15) is 51.7 Å². The van der Waals surface area contributed by atoms with E-state index in [1.54, 1.807) is 0 Å². The van der Waals surface area contributed by atoms with Gasteiger partial charge in [-0.05, 0) is 35.4 Å². The van der Waals surface area contributed by atoms with Crippen molar-refractivity contribution in [3.05, 3.63) is 59.7 Å². The number of benzene rings is 2. The zero-order valence-electron chi connectivity index (χ0n) is 15.4. The highest BCUT2D eigenvalue weighted by molar-refractivity contribution is 5.41. The van der Waals surface area contributed by atoms with Crippen LogP contribution in [0.25, 0.3) is 0 Å². The maximum Gasteiger partial charge on any atom is 0.197 e. The Morgan fingerprint density at radius 3 is 1.32 bits per heavy atom. The minimum Gasteiger partial charge on any atom is -0.465 e. The summed E-state index contributed by atoms with van der Waals surface area (Å²) in [4.78, 5) is 0. The van der Waals surface area contributed by atoms with Crippen LogP contribution in [0.15, 0.2) is 48.5 Å². The fraction of sp³-hybridized carbons (Fsp3) is 0.429. The van der Waals surface area contributed by atoms with Crippen molar-refractivity contribution in [2.24, 2.45) is 0 Å². The van der Waals surface area contributed by atoms with E-state index >= 15 is 0 Å². The van der Waals surface area contributed by atoms with Gasteiger partial charge in [0.05, 0.1) is 0 Å². The molecule has 0 bridgehead atoms. The van der Waals surface area contributed by atoms with Crippen LogP contribution >= 0.6 is 0 Å². The Morgan fingerprint density at radius 2 is 1.04 bits per heavy atom. The molecule has 0 spiro atoms. The molecule has 2 atom stereocenters. The molecule has 4 nitrogen and oxygen atoms in total. The Kier molecular flexibility index (Phi) is 6.45. The number of hydrogen-bond acceptors (Lipinski definition) is 4. The van der Waals surface area contributed by atoms with Crippen molar-refractivity contribution in [1.29, 1.82) is 0 Å². The van der Waals surface area contributed by atoms with Gasteiger partial charge in [-0.15, -0.1) is 0 Å². The summed E-state index contributed by atoms with van der Waals surface area (Å²) in [5.74, 6) is 1.32. The average Bonchev–Trinajstić information content (AvgIpc) is 2.62. The number of ether oxygens (including phenoxy) is 2. The van der Waals surface area contributed by atoms with Gasteiger partial charge in [0.15, 0.2) is 12.6 Å².